The van der Waals surface area contributed by atoms with Crippen molar-refractivity contribution in [1.82, 2.24) is 13.9 Å². The molecule has 32 heavy (non-hydrogen) atoms. The van der Waals surface area contributed by atoms with Gasteiger partial charge in [0.15, 0.2) is 5.03 Å². The molecule has 5 rings (SSSR count). The minimum absolute atomic E-state index is 0.0427. The highest BCUT2D eigenvalue weighted by Gasteiger charge is 2.49. The maximum absolute atomic E-state index is 13.5. The molecular formula is C23H26N4O4S. The monoisotopic (exact) mass is 454 g/mol. The molecule has 3 atom stereocenters. The van der Waals surface area contributed by atoms with Gasteiger partial charge in [-0.25, -0.2) is 13.4 Å². The molecule has 2 N–H and O–H groups in total. The van der Waals surface area contributed by atoms with Crippen LogP contribution in [0.1, 0.15) is 18.0 Å². The normalized spacial score (nSPS) is 22.8. The van der Waals surface area contributed by atoms with Crippen molar-refractivity contribution in [2.45, 2.75) is 23.5 Å². The molecule has 1 saturated heterocycles. The fraction of sp³-hybridized carbons (Fsp3) is 0.348. The third kappa shape index (κ3) is 3.28. The van der Waals surface area contributed by atoms with Gasteiger partial charge in [0.1, 0.15) is 5.75 Å². The van der Waals surface area contributed by atoms with Crippen LogP contribution in [-0.2, 0) is 17.1 Å². The van der Waals surface area contributed by atoms with Gasteiger partial charge >= 0.3 is 0 Å². The molecule has 0 radical (unpaired) electrons. The lowest BCUT2D eigenvalue weighted by Gasteiger charge is -2.38. The van der Waals surface area contributed by atoms with Crippen LogP contribution in [-0.4, -0.2) is 53.7 Å². The Morgan fingerprint density at radius 1 is 1.25 bits per heavy atom. The molecule has 2 aromatic carbocycles. The Morgan fingerprint density at radius 3 is 2.78 bits per heavy atom. The van der Waals surface area contributed by atoms with E-state index in [4.69, 9.17) is 4.74 Å². The average Bonchev–Trinajstić information content (AvgIpc) is 3.46. The number of anilines is 1. The smallest absolute Gasteiger partial charge is 0.262 e. The van der Waals surface area contributed by atoms with Crippen molar-refractivity contribution < 1.29 is 18.3 Å². The van der Waals surface area contributed by atoms with Crippen LogP contribution in [0.25, 0.3) is 11.1 Å². The summed E-state index contributed by atoms with van der Waals surface area (Å²) in [7, 11) is -0.398. The quantitative estimate of drug-likeness (QED) is 0.615. The number of hydrogen-bond acceptors (Lipinski definition) is 6. The van der Waals surface area contributed by atoms with Crippen LogP contribution in [0.15, 0.2) is 60.0 Å². The second-order valence-corrected chi connectivity index (χ2v) is 10.2. The molecule has 1 aromatic heterocycles. The largest absolute Gasteiger partial charge is 0.496 e. The SMILES string of the molecule is COc1ccccc1-c1ccc2c(c1)[C@@H]1[C@@H](CCN1S(=O)(=O)c1cn(C)cn1)[C@@H](CO)N2. The highest BCUT2D eigenvalue weighted by Crippen LogP contribution is 2.49. The van der Waals surface area contributed by atoms with Gasteiger partial charge in [0.25, 0.3) is 10.0 Å². The molecule has 2 aliphatic rings. The number of aliphatic hydroxyl groups is 1. The number of imidazole rings is 1. The highest BCUT2D eigenvalue weighted by molar-refractivity contribution is 7.89. The summed E-state index contributed by atoms with van der Waals surface area (Å²) in [5.74, 6) is 0.712. The van der Waals surface area contributed by atoms with E-state index in [-0.39, 0.29) is 29.6 Å². The fourth-order valence-electron chi connectivity index (χ4n) is 4.98. The fourth-order valence-corrected chi connectivity index (χ4v) is 6.62. The lowest BCUT2D eigenvalue weighted by Crippen LogP contribution is -2.42. The first-order valence-electron chi connectivity index (χ1n) is 10.6. The minimum Gasteiger partial charge on any atom is -0.496 e. The van der Waals surface area contributed by atoms with Crippen LogP contribution in [0.3, 0.4) is 0 Å². The third-order valence-electron chi connectivity index (χ3n) is 6.50. The maximum atomic E-state index is 13.5. The van der Waals surface area contributed by atoms with E-state index in [0.717, 1.165) is 28.1 Å². The lowest BCUT2D eigenvalue weighted by molar-refractivity contribution is 0.210. The van der Waals surface area contributed by atoms with E-state index in [1.54, 1.807) is 23.0 Å². The number of aliphatic hydroxyl groups excluding tert-OH is 1. The van der Waals surface area contributed by atoms with E-state index in [1.165, 1.54) is 12.5 Å². The van der Waals surface area contributed by atoms with Crippen LogP contribution in [0, 0.1) is 5.92 Å². The molecule has 8 nitrogen and oxygen atoms in total. The first-order valence-corrected chi connectivity index (χ1v) is 12.0. The summed E-state index contributed by atoms with van der Waals surface area (Å²) in [6.07, 6.45) is 3.68. The Balaban J connectivity index is 1.63. The number of methoxy groups -OCH3 is 1. The molecule has 1 fully saturated rings. The van der Waals surface area contributed by atoms with Gasteiger partial charge in [-0.3, -0.25) is 0 Å². The van der Waals surface area contributed by atoms with Crippen molar-refractivity contribution >= 4 is 15.7 Å². The Morgan fingerprint density at radius 2 is 2.06 bits per heavy atom. The number of fused-ring (bicyclic) bond motifs is 3. The summed E-state index contributed by atoms with van der Waals surface area (Å²) in [5.41, 5.74) is 3.63. The number of hydrogen-bond donors (Lipinski definition) is 2. The van der Waals surface area contributed by atoms with Crippen LogP contribution in [0.5, 0.6) is 5.75 Å². The van der Waals surface area contributed by atoms with Gasteiger partial charge in [-0.2, -0.15) is 4.31 Å². The summed E-state index contributed by atoms with van der Waals surface area (Å²) in [5, 5.41) is 13.5. The van der Waals surface area contributed by atoms with Gasteiger partial charge in [0.2, 0.25) is 0 Å². The molecule has 9 heteroatoms. The number of rotatable bonds is 5. The van der Waals surface area contributed by atoms with Crippen LogP contribution >= 0.6 is 0 Å². The summed E-state index contributed by atoms with van der Waals surface area (Å²) < 4.78 is 35.7. The molecule has 168 valence electrons. The van der Waals surface area contributed by atoms with E-state index < -0.39 is 10.0 Å². The Hall–Kier alpha value is -2.88. The Bertz CT molecular complexity index is 1260. The molecule has 0 aliphatic carbocycles. The number of sulfonamides is 1. The molecule has 0 bridgehead atoms. The standard InChI is InChI=1S/C23H26N4O4S/c1-26-12-22(24-14-26)32(29,30)27-10-9-17-20(13-28)25-19-8-7-15(11-18(19)23(17)27)16-5-3-4-6-21(16)31-2/h3-8,11-12,14,17,20,23,25,28H,9-10,13H2,1-2H3/t17-,20+,23-/m0/s1. The molecule has 2 aliphatic heterocycles. The maximum Gasteiger partial charge on any atom is 0.262 e. The van der Waals surface area contributed by atoms with E-state index in [9.17, 15) is 13.5 Å². The predicted octanol–water partition coefficient (Wildman–Crippen LogP) is 2.63. The van der Waals surface area contributed by atoms with Gasteiger partial charge < -0.3 is 19.7 Å². The summed E-state index contributed by atoms with van der Waals surface area (Å²) in [4.78, 5) is 4.10. The molecule has 0 unspecified atom stereocenters. The van der Waals surface area contributed by atoms with Crippen molar-refractivity contribution in [3.63, 3.8) is 0 Å². The number of benzene rings is 2. The van der Waals surface area contributed by atoms with Crippen LogP contribution < -0.4 is 10.1 Å². The number of aromatic nitrogens is 2. The molecule has 3 aromatic rings. The van der Waals surface area contributed by atoms with Gasteiger partial charge in [0, 0.05) is 37.0 Å². The first kappa shape index (κ1) is 21.0. The topological polar surface area (TPSA) is 96.7 Å². The van der Waals surface area contributed by atoms with Gasteiger partial charge in [0.05, 0.1) is 32.1 Å². The van der Waals surface area contributed by atoms with Crippen LogP contribution in [0.2, 0.25) is 0 Å². The van der Waals surface area contributed by atoms with Crippen molar-refractivity contribution in [3.8, 4) is 16.9 Å². The number of para-hydroxylation sites is 1. The summed E-state index contributed by atoms with van der Waals surface area (Å²) in [6.45, 7) is 0.317. The first-order chi connectivity index (χ1) is 15.4. The number of aryl methyl sites for hydroxylation is 1. The Kier molecular flexibility index (Phi) is 5.19. The van der Waals surface area contributed by atoms with E-state index >= 15 is 0 Å². The summed E-state index contributed by atoms with van der Waals surface area (Å²) in [6, 6.07) is 13.2. The zero-order valence-corrected chi connectivity index (χ0v) is 18.8. The van der Waals surface area contributed by atoms with E-state index in [1.807, 2.05) is 42.5 Å². The minimum atomic E-state index is -3.79. The summed E-state index contributed by atoms with van der Waals surface area (Å²) >= 11 is 0. The second-order valence-electron chi connectivity index (χ2n) is 8.33. The van der Waals surface area contributed by atoms with Crippen LogP contribution in [0.4, 0.5) is 5.69 Å². The lowest BCUT2D eigenvalue weighted by atomic mass is 9.82. The van der Waals surface area contributed by atoms with E-state index in [0.29, 0.717) is 13.0 Å². The van der Waals surface area contributed by atoms with Crippen molar-refractivity contribution in [3.05, 3.63) is 60.6 Å². The zero-order valence-electron chi connectivity index (χ0n) is 18.0. The van der Waals surface area contributed by atoms with Gasteiger partial charge in [-0.05, 0) is 35.7 Å². The van der Waals surface area contributed by atoms with Crippen molar-refractivity contribution in [2.24, 2.45) is 13.0 Å². The zero-order chi connectivity index (χ0) is 22.5. The highest BCUT2D eigenvalue weighted by atomic mass is 32.2. The Labute approximate surface area is 187 Å². The molecule has 0 amide bonds. The average molecular weight is 455 g/mol. The van der Waals surface area contributed by atoms with E-state index in [2.05, 4.69) is 10.3 Å². The molecular weight excluding hydrogens is 428 g/mol. The number of ether oxygens (including phenoxy) is 1. The predicted molar refractivity (Wildman–Crippen MR) is 121 cm³/mol. The molecule has 3 heterocycles. The molecule has 0 saturated carbocycles. The molecule has 0 spiro atoms. The number of nitrogens with zero attached hydrogens (tertiary/aromatic N) is 3. The van der Waals surface area contributed by atoms with Gasteiger partial charge in [-0.15, -0.1) is 0 Å². The number of nitrogens with one attached hydrogen (secondary N) is 1. The van der Waals surface area contributed by atoms with Crippen molar-refractivity contribution in [1.29, 1.82) is 0 Å². The second kappa shape index (κ2) is 7.91. The van der Waals surface area contributed by atoms with Crippen molar-refractivity contribution in [2.75, 3.05) is 25.6 Å². The third-order valence-corrected chi connectivity index (χ3v) is 8.26. The van der Waals surface area contributed by atoms with Gasteiger partial charge in [-0.1, -0.05) is 24.3 Å².